The molecule has 0 saturated carbocycles. The number of nitrogens with zero attached hydrogens (tertiary/aromatic N) is 2. The summed E-state index contributed by atoms with van der Waals surface area (Å²) in [6.07, 6.45) is 1.66. The maximum Gasteiger partial charge on any atom is 0.268 e. The van der Waals surface area contributed by atoms with Crippen LogP contribution in [0.4, 0.5) is 0 Å². The fraction of sp³-hybridized carbons (Fsp3) is 0.143. The molecular weight excluding hydrogens is 244 g/mol. The van der Waals surface area contributed by atoms with Gasteiger partial charge in [0.2, 0.25) is 6.79 Å². The summed E-state index contributed by atoms with van der Waals surface area (Å²) in [5.41, 5.74) is 0.771. The summed E-state index contributed by atoms with van der Waals surface area (Å²) in [6, 6.07) is 10.6. The zero-order valence-corrected chi connectivity index (χ0v) is 10.00. The maximum atomic E-state index is 11.9. The highest BCUT2D eigenvalue weighted by Crippen LogP contribution is 2.32. The van der Waals surface area contributed by atoms with Crippen LogP contribution in [0.2, 0.25) is 0 Å². The standard InChI is InChI=1S/C14H10N2O3/c15-7-11-2-1-5-16(14(11)17)8-10-3-4-12-13(6-10)19-9-18-12/h1-6H,8-9H2. The Morgan fingerprint density at radius 3 is 2.95 bits per heavy atom. The van der Waals surface area contributed by atoms with Crippen LogP contribution in [0.1, 0.15) is 11.1 Å². The van der Waals surface area contributed by atoms with E-state index in [0.29, 0.717) is 18.0 Å². The lowest BCUT2D eigenvalue weighted by atomic mass is 10.2. The normalized spacial score (nSPS) is 12.2. The summed E-state index contributed by atoms with van der Waals surface area (Å²) < 4.78 is 12.0. The SMILES string of the molecule is N#Cc1cccn(Cc2ccc3c(c2)OCO3)c1=O. The van der Waals surface area contributed by atoms with Crippen LogP contribution >= 0.6 is 0 Å². The van der Waals surface area contributed by atoms with Crippen LogP contribution in [0.25, 0.3) is 0 Å². The van der Waals surface area contributed by atoms with Crippen molar-refractivity contribution in [2.45, 2.75) is 6.54 Å². The molecule has 1 aliphatic heterocycles. The minimum Gasteiger partial charge on any atom is -0.454 e. The first kappa shape index (κ1) is 11.4. The first-order chi connectivity index (χ1) is 9.28. The van der Waals surface area contributed by atoms with Crippen LogP contribution in [0, 0.1) is 11.3 Å². The van der Waals surface area contributed by atoms with E-state index >= 15 is 0 Å². The molecule has 0 spiro atoms. The molecule has 0 fully saturated rings. The first-order valence-electron chi connectivity index (χ1n) is 5.76. The number of ether oxygens (including phenoxy) is 2. The summed E-state index contributed by atoms with van der Waals surface area (Å²) in [4.78, 5) is 11.9. The zero-order valence-electron chi connectivity index (χ0n) is 10.00. The van der Waals surface area contributed by atoms with Gasteiger partial charge in [0.25, 0.3) is 5.56 Å². The summed E-state index contributed by atoms with van der Waals surface area (Å²) in [5, 5.41) is 8.84. The summed E-state index contributed by atoms with van der Waals surface area (Å²) in [6.45, 7) is 0.619. The minimum absolute atomic E-state index is 0.142. The highest BCUT2D eigenvalue weighted by molar-refractivity contribution is 5.44. The third-order valence-corrected chi connectivity index (χ3v) is 2.93. The van der Waals surface area contributed by atoms with E-state index in [1.807, 2.05) is 24.3 Å². The smallest absolute Gasteiger partial charge is 0.268 e. The van der Waals surface area contributed by atoms with Crippen molar-refractivity contribution in [2.24, 2.45) is 0 Å². The van der Waals surface area contributed by atoms with E-state index in [0.717, 1.165) is 5.56 Å². The van der Waals surface area contributed by atoms with Crippen molar-refractivity contribution < 1.29 is 9.47 Å². The number of benzene rings is 1. The second kappa shape index (κ2) is 4.50. The number of hydrogen-bond donors (Lipinski definition) is 0. The van der Waals surface area contributed by atoms with Crippen molar-refractivity contribution in [1.29, 1.82) is 5.26 Å². The van der Waals surface area contributed by atoms with Gasteiger partial charge in [0, 0.05) is 6.20 Å². The van der Waals surface area contributed by atoms with Crippen LogP contribution in [0.5, 0.6) is 11.5 Å². The van der Waals surface area contributed by atoms with Crippen molar-refractivity contribution >= 4 is 0 Å². The summed E-state index contributed by atoms with van der Waals surface area (Å²) in [5.74, 6) is 1.39. The van der Waals surface area contributed by atoms with Crippen molar-refractivity contribution in [3.8, 4) is 17.6 Å². The molecule has 1 aliphatic rings. The Hall–Kier alpha value is -2.74. The van der Waals surface area contributed by atoms with Gasteiger partial charge in [-0.2, -0.15) is 5.26 Å². The topological polar surface area (TPSA) is 64.2 Å². The van der Waals surface area contributed by atoms with Gasteiger partial charge in [0.1, 0.15) is 11.6 Å². The Kier molecular flexibility index (Phi) is 2.69. The average molecular weight is 254 g/mol. The van der Waals surface area contributed by atoms with Crippen molar-refractivity contribution in [3.63, 3.8) is 0 Å². The molecule has 0 bridgehead atoms. The van der Waals surface area contributed by atoms with Gasteiger partial charge in [0.05, 0.1) is 6.54 Å². The number of nitriles is 1. The van der Waals surface area contributed by atoms with E-state index in [4.69, 9.17) is 14.7 Å². The number of rotatable bonds is 2. The second-order valence-corrected chi connectivity index (χ2v) is 4.15. The van der Waals surface area contributed by atoms with Crippen molar-refractivity contribution in [3.05, 3.63) is 58.0 Å². The van der Waals surface area contributed by atoms with Crippen LogP contribution < -0.4 is 15.0 Å². The predicted octanol–water partition coefficient (Wildman–Crippen LogP) is 1.50. The second-order valence-electron chi connectivity index (χ2n) is 4.15. The van der Waals surface area contributed by atoms with E-state index in [2.05, 4.69) is 0 Å². The number of fused-ring (bicyclic) bond motifs is 1. The molecule has 1 aromatic carbocycles. The molecule has 0 aliphatic carbocycles. The van der Waals surface area contributed by atoms with Gasteiger partial charge >= 0.3 is 0 Å². The first-order valence-corrected chi connectivity index (χ1v) is 5.76. The highest BCUT2D eigenvalue weighted by Gasteiger charge is 2.13. The predicted molar refractivity (Wildman–Crippen MR) is 67.1 cm³/mol. The molecule has 0 atom stereocenters. The van der Waals surface area contributed by atoms with Crippen LogP contribution in [-0.4, -0.2) is 11.4 Å². The van der Waals surface area contributed by atoms with Gasteiger partial charge in [-0.05, 0) is 29.8 Å². The van der Waals surface area contributed by atoms with Crippen molar-refractivity contribution in [2.75, 3.05) is 6.79 Å². The molecule has 0 amide bonds. The molecule has 19 heavy (non-hydrogen) atoms. The van der Waals surface area contributed by atoms with Gasteiger partial charge in [-0.3, -0.25) is 4.79 Å². The molecule has 0 radical (unpaired) electrons. The molecule has 3 rings (SSSR count). The van der Waals surface area contributed by atoms with Crippen LogP contribution in [0.3, 0.4) is 0 Å². The number of aromatic nitrogens is 1. The van der Waals surface area contributed by atoms with Gasteiger partial charge in [-0.1, -0.05) is 6.07 Å². The third kappa shape index (κ3) is 2.04. The monoisotopic (exact) mass is 254 g/mol. The largest absolute Gasteiger partial charge is 0.454 e. The lowest BCUT2D eigenvalue weighted by Crippen LogP contribution is -2.22. The molecule has 5 nitrogen and oxygen atoms in total. The van der Waals surface area contributed by atoms with Crippen LogP contribution in [-0.2, 0) is 6.54 Å². The fourth-order valence-electron chi connectivity index (χ4n) is 1.98. The molecule has 94 valence electrons. The van der Waals surface area contributed by atoms with Gasteiger partial charge in [-0.15, -0.1) is 0 Å². The molecule has 0 saturated heterocycles. The van der Waals surface area contributed by atoms with E-state index in [-0.39, 0.29) is 17.9 Å². The van der Waals surface area contributed by atoms with E-state index in [9.17, 15) is 4.79 Å². The van der Waals surface area contributed by atoms with E-state index in [1.54, 1.807) is 12.3 Å². The van der Waals surface area contributed by atoms with Gasteiger partial charge in [-0.25, -0.2) is 0 Å². The Labute approximate surface area is 109 Å². The van der Waals surface area contributed by atoms with E-state index < -0.39 is 0 Å². The maximum absolute atomic E-state index is 11.9. The molecule has 0 N–H and O–H groups in total. The molecule has 2 heterocycles. The Balaban J connectivity index is 1.94. The number of pyridine rings is 1. The van der Waals surface area contributed by atoms with Gasteiger partial charge < -0.3 is 14.0 Å². The Morgan fingerprint density at radius 1 is 1.26 bits per heavy atom. The van der Waals surface area contributed by atoms with Gasteiger partial charge in [0.15, 0.2) is 11.5 Å². The summed E-state index contributed by atoms with van der Waals surface area (Å²) in [7, 11) is 0. The van der Waals surface area contributed by atoms with Crippen LogP contribution in [0.15, 0.2) is 41.3 Å². The molecule has 1 aromatic heterocycles. The third-order valence-electron chi connectivity index (χ3n) is 2.93. The van der Waals surface area contributed by atoms with Crippen molar-refractivity contribution in [1.82, 2.24) is 4.57 Å². The quantitative estimate of drug-likeness (QED) is 0.814. The molecular formula is C14H10N2O3. The molecule has 0 unspecified atom stereocenters. The fourth-order valence-corrected chi connectivity index (χ4v) is 1.98. The molecule has 5 heteroatoms. The zero-order chi connectivity index (χ0) is 13.2. The lowest BCUT2D eigenvalue weighted by Gasteiger charge is -2.06. The Morgan fingerprint density at radius 2 is 2.11 bits per heavy atom. The summed E-state index contributed by atoms with van der Waals surface area (Å²) >= 11 is 0. The number of hydrogen-bond acceptors (Lipinski definition) is 4. The van der Waals surface area contributed by atoms with E-state index in [1.165, 1.54) is 10.6 Å². The minimum atomic E-state index is -0.289. The average Bonchev–Trinajstić information content (AvgIpc) is 2.88. The highest BCUT2D eigenvalue weighted by atomic mass is 16.7. The molecule has 2 aromatic rings. The Bertz CT molecular complexity index is 728. The lowest BCUT2D eigenvalue weighted by molar-refractivity contribution is 0.174.